The Labute approximate surface area is 344 Å². The maximum Gasteiger partial charge on any atom is 0.250 e. The van der Waals surface area contributed by atoms with Crippen molar-refractivity contribution < 1.29 is 18.6 Å². The fraction of sp³-hybridized carbons (Fsp3) is 0.488. The lowest BCUT2D eigenvalue weighted by molar-refractivity contribution is -0.0450. The molecule has 3 saturated heterocycles. The van der Waals surface area contributed by atoms with Gasteiger partial charge in [-0.3, -0.25) is 4.90 Å². The maximum atomic E-state index is 6.79. The van der Waals surface area contributed by atoms with E-state index in [0.29, 0.717) is 42.6 Å². The van der Waals surface area contributed by atoms with E-state index in [9.17, 15) is 0 Å². The molecule has 14 heteroatoms. The Kier molecular flexibility index (Phi) is 12.8. The molecule has 57 heavy (non-hydrogen) atoms. The van der Waals surface area contributed by atoms with Gasteiger partial charge in [-0.2, -0.15) is 4.98 Å². The number of rotatable bonds is 13. The number of hydrogen-bond donors (Lipinski definition) is 3. The molecule has 3 N–H and O–H groups in total. The molecule has 0 radical (unpaired) electrons. The minimum Gasteiger partial charge on any atom is -0.543 e. The van der Waals surface area contributed by atoms with Crippen molar-refractivity contribution in [2.24, 2.45) is 0 Å². The molecular weight excluding hydrogens is 756 g/mol. The number of aromatic nitrogens is 2. The third-order valence-corrected chi connectivity index (χ3v) is 16.4. The SMILES string of the molecule is COc1cc(N2CCC(N3CCN(C)CC3)CC2)ccc1Nc1ncc(Cl)c(Nc2ccc(NCc3ccc(C4OCCO4)c(O[Si](C)(C)C(C)(C)C)c3)cc2)n1. The number of nitrogens with one attached hydrogen (secondary N) is 3. The number of halogens is 1. The number of methoxy groups -OCH3 is 1. The van der Waals surface area contributed by atoms with Crippen molar-refractivity contribution >= 4 is 54.4 Å². The summed E-state index contributed by atoms with van der Waals surface area (Å²) < 4.78 is 24.3. The molecule has 0 amide bonds. The molecule has 7 rings (SSSR count). The second kappa shape index (κ2) is 17.8. The van der Waals surface area contributed by atoms with Gasteiger partial charge in [0.2, 0.25) is 14.3 Å². The van der Waals surface area contributed by atoms with Gasteiger partial charge in [-0.1, -0.05) is 38.4 Å². The molecule has 0 saturated carbocycles. The molecule has 0 bridgehead atoms. The second-order valence-electron chi connectivity index (χ2n) is 16.8. The van der Waals surface area contributed by atoms with E-state index in [2.05, 4.69) is 107 Å². The number of likely N-dealkylation sites (N-methyl/N-ethyl adjacent to an activating group) is 1. The van der Waals surface area contributed by atoms with E-state index in [0.717, 1.165) is 71.6 Å². The topological polar surface area (TPSA) is 109 Å². The summed E-state index contributed by atoms with van der Waals surface area (Å²) in [5.41, 5.74) is 5.81. The predicted octanol–water partition coefficient (Wildman–Crippen LogP) is 8.88. The maximum absolute atomic E-state index is 6.79. The molecule has 3 aromatic carbocycles. The fourth-order valence-corrected chi connectivity index (χ4v) is 8.41. The van der Waals surface area contributed by atoms with Crippen LogP contribution in [0.4, 0.5) is 34.5 Å². The van der Waals surface area contributed by atoms with Crippen LogP contribution in [-0.2, 0) is 16.0 Å². The molecule has 0 spiro atoms. The standard InChI is InChI=1S/C43H59ClN8O4Si/c1-43(2,3)57(6,7)56-38-26-30(8-14-35(38)41-54-24-25-55-41)28-45-31-9-11-32(12-10-31)47-40-36(44)29-46-42(49-40)48-37-15-13-34(27-39(37)53-5)51-18-16-33(17-19-51)52-22-20-50(4)21-23-52/h8-15,26-27,29,33,41,45H,16-25,28H2,1-7H3,(H2,46,47,48,49). The van der Waals surface area contributed by atoms with Crippen molar-refractivity contribution in [3.05, 3.63) is 83.0 Å². The minimum atomic E-state index is -2.09. The van der Waals surface area contributed by atoms with E-state index < -0.39 is 14.6 Å². The number of benzene rings is 3. The summed E-state index contributed by atoms with van der Waals surface area (Å²) in [5, 5.41) is 10.7. The lowest BCUT2D eigenvalue weighted by Crippen LogP contribution is -2.52. The lowest BCUT2D eigenvalue weighted by Gasteiger charge is -2.42. The molecule has 3 aliphatic rings. The van der Waals surface area contributed by atoms with Crippen LogP contribution in [-0.4, -0.2) is 101 Å². The Morgan fingerprint density at radius 1 is 0.860 bits per heavy atom. The van der Waals surface area contributed by atoms with E-state index in [1.165, 1.54) is 25.9 Å². The van der Waals surface area contributed by atoms with Crippen LogP contribution < -0.4 is 30.0 Å². The highest BCUT2D eigenvalue weighted by atomic mass is 35.5. The van der Waals surface area contributed by atoms with E-state index in [1.807, 2.05) is 30.3 Å². The normalized spacial score (nSPS) is 17.8. The summed E-state index contributed by atoms with van der Waals surface area (Å²) in [5.74, 6) is 2.48. The summed E-state index contributed by atoms with van der Waals surface area (Å²) in [6, 6.07) is 21.3. The van der Waals surface area contributed by atoms with Crippen molar-refractivity contribution in [1.29, 1.82) is 0 Å². The molecular formula is C43H59ClN8O4Si. The molecule has 306 valence electrons. The van der Waals surface area contributed by atoms with Gasteiger partial charge in [-0.15, -0.1) is 0 Å². The number of nitrogens with zero attached hydrogens (tertiary/aromatic N) is 5. The van der Waals surface area contributed by atoms with Crippen LogP contribution in [0.2, 0.25) is 23.2 Å². The average molecular weight is 816 g/mol. The first-order valence-corrected chi connectivity index (χ1v) is 23.4. The number of piperazine rings is 1. The van der Waals surface area contributed by atoms with E-state index in [-0.39, 0.29) is 5.04 Å². The van der Waals surface area contributed by atoms with Gasteiger partial charge in [0.25, 0.3) is 0 Å². The summed E-state index contributed by atoms with van der Waals surface area (Å²) in [7, 11) is 1.81. The summed E-state index contributed by atoms with van der Waals surface area (Å²) in [4.78, 5) is 16.7. The molecule has 4 aromatic rings. The van der Waals surface area contributed by atoms with Gasteiger partial charge in [-0.05, 0) is 92.1 Å². The molecule has 0 aliphatic carbocycles. The van der Waals surface area contributed by atoms with Gasteiger partial charge in [0.15, 0.2) is 12.1 Å². The summed E-state index contributed by atoms with van der Waals surface area (Å²) in [6.45, 7) is 19.8. The molecule has 3 fully saturated rings. The Hall–Kier alpha value is -4.11. The smallest absolute Gasteiger partial charge is 0.250 e. The fourth-order valence-electron chi connectivity index (χ4n) is 7.24. The van der Waals surface area contributed by atoms with Crippen molar-refractivity contribution in [2.45, 2.75) is 70.6 Å². The van der Waals surface area contributed by atoms with E-state index in [1.54, 1.807) is 13.3 Å². The highest BCUT2D eigenvalue weighted by Gasteiger charge is 2.40. The zero-order chi connectivity index (χ0) is 40.2. The summed E-state index contributed by atoms with van der Waals surface area (Å²) >= 11 is 6.57. The Balaban J connectivity index is 0.956. The minimum absolute atomic E-state index is 0.0578. The summed E-state index contributed by atoms with van der Waals surface area (Å²) in [6.07, 6.45) is 3.55. The Morgan fingerprint density at radius 3 is 2.25 bits per heavy atom. The highest BCUT2D eigenvalue weighted by Crippen LogP contribution is 2.41. The molecule has 3 aliphatic heterocycles. The first-order valence-electron chi connectivity index (χ1n) is 20.2. The van der Waals surface area contributed by atoms with Gasteiger partial charge in [0.05, 0.1) is 32.2 Å². The third kappa shape index (κ3) is 10.1. The van der Waals surface area contributed by atoms with Crippen molar-refractivity contribution in [3.63, 3.8) is 0 Å². The van der Waals surface area contributed by atoms with Crippen LogP contribution in [0.25, 0.3) is 0 Å². The van der Waals surface area contributed by atoms with Gasteiger partial charge in [-0.25, -0.2) is 4.98 Å². The number of anilines is 6. The van der Waals surface area contributed by atoms with Gasteiger partial charge >= 0.3 is 0 Å². The Morgan fingerprint density at radius 2 is 1.56 bits per heavy atom. The van der Waals surface area contributed by atoms with Gasteiger partial charge in [0.1, 0.15) is 16.5 Å². The molecule has 1 aromatic heterocycles. The lowest BCUT2D eigenvalue weighted by atomic mass is 10.0. The van der Waals surface area contributed by atoms with Crippen molar-refractivity contribution in [3.8, 4) is 11.5 Å². The van der Waals surface area contributed by atoms with Crippen LogP contribution in [0.1, 0.15) is 51.0 Å². The zero-order valence-corrected chi connectivity index (χ0v) is 36.3. The van der Waals surface area contributed by atoms with Gasteiger partial charge < -0.3 is 44.4 Å². The second-order valence-corrected chi connectivity index (χ2v) is 22.0. The highest BCUT2D eigenvalue weighted by molar-refractivity contribution is 6.74. The van der Waals surface area contributed by atoms with Crippen molar-refractivity contribution in [1.82, 2.24) is 19.8 Å². The molecule has 0 unspecified atom stereocenters. The Bertz CT molecular complexity index is 1960. The number of hydrogen-bond acceptors (Lipinski definition) is 12. The number of piperidine rings is 1. The first-order chi connectivity index (χ1) is 27.3. The largest absolute Gasteiger partial charge is 0.543 e. The van der Waals surface area contributed by atoms with Crippen LogP contribution in [0, 0.1) is 0 Å². The molecule has 0 atom stereocenters. The quantitative estimate of drug-likeness (QED) is 0.112. The van der Waals surface area contributed by atoms with Gasteiger partial charge in [0, 0.05) is 80.5 Å². The van der Waals surface area contributed by atoms with Crippen LogP contribution in [0.15, 0.2) is 66.9 Å². The van der Waals surface area contributed by atoms with Crippen LogP contribution >= 0.6 is 11.6 Å². The van der Waals surface area contributed by atoms with Crippen molar-refractivity contribution in [2.75, 3.05) is 87.5 Å². The molecule has 12 nitrogen and oxygen atoms in total. The first kappa shape index (κ1) is 41.1. The monoisotopic (exact) mass is 814 g/mol. The van der Waals surface area contributed by atoms with Crippen LogP contribution in [0.3, 0.4) is 0 Å². The molecule has 4 heterocycles. The predicted molar refractivity (Wildman–Crippen MR) is 234 cm³/mol. The van der Waals surface area contributed by atoms with E-state index in [4.69, 9.17) is 35.2 Å². The van der Waals surface area contributed by atoms with Crippen LogP contribution in [0.5, 0.6) is 11.5 Å². The zero-order valence-electron chi connectivity index (χ0n) is 34.5. The number of ether oxygens (including phenoxy) is 3. The third-order valence-electron chi connectivity index (χ3n) is 11.8. The van der Waals surface area contributed by atoms with E-state index >= 15 is 0 Å². The average Bonchev–Trinajstić information content (AvgIpc) is 3.74.